The molecule has 9 nitrogen and oxygen atoms in total. The molecule has 30 heavy (non-hydrogen) atoms. The first-order valence-electron chi connectivity index (χ1n) is 9.32. The van der Waals surface area contributed by atoms with Gasteiger partial charge in [0.05, 0.1) is 43.5 Å². The third-order valence-electron chi connectivity index (χ3n) is 4.76. The normalized spacial score (nSPS) is 13.3. The summed E-state index contributed by atoms with van der Waals surface area (Å²) in [6, 6.07) is 5.64. The Morgan fingerprint density at radius 1 is 1.17 bits per heavy atom. The van der Waals surface area contributed by atoms with Crippen LogP contribution < -0.4 is 10.1 Å². The second kappa shape index (κ2) is 8.27. The van der Waals surface area contributed by atoms with Crippen LogP contribution in [-0.4, -0.2) is 50.1 Å². The van der Waals surface area contributed by atoms with Gasteiger partial charge in [0.25, 0.3) is 11.8 Å². The van der Waals surface area contributed by atoms with Crippen LogP contribution in [0.5, 0.6) is 5.75 Å². The number of nitrogens with one attached hydrogen (secondary N) is 1. The molecular weight excluding hydrogens is 391 g/mol. The Kier molecular flexibility index (Phi) is 5.38. The highest BCUT2D eigenvalue weighted by atomic mass is 19.1. The number of amides is 2. The number of hydrogen-bond donors (Lipinski definition) is 1. The monoisotopic (exact) mass is 410 g/mol. The zero-order valence-electron chi connectivity index (χ0n) is 16.2. The lowest BCUT2D eigenvalue weighted by molar-refractivity contribution is 0.0731. The fourth-order valence-electron chi connectivity index (χ4n) is 3.24. The topological polar surface area (TPSA) is 102 Å². The van der Waals surface area contributed by atoms with E-state index in [-0.39, 0.29) is 18.3 Å². The first-order chi connectivity index (χ1) is 14.5. The van der Waals surface area contributed by atoms with Gasteiger partial charge >= 0.3 is 0 Å². The highest BCUT2D eigenvalue weighted by Crippen LogP contribution is 2.20. The molecule has 2 amide bonds. The maximum absolute atomic E-state index is 13.4. The van der Waals surface area contributed by atoms with Crippen LogP contribution in [0.15, 0.2) is 42.9 Å². The molecule has 154 valence electrons. The van der Waals surface area contributed by atoms with E-state index in [1.165, 1.54) is 43.9 Å². The van der Waals surface area contributed by atoms with Gasteiger partial charge in [-0.15, -0.1) is 0 Å². The number of carbonyl (C=O) groups is 2. The van der Waals surface area contributed by atoms with Gasteiger partial charge in [0.2, 0.25) is 5.82 Å². The summed E-state index contributed by atoms with van der Waals surface area (Å²) in [4.78, 5) is 35.3. The van der Waals surface area contributed by atoms with Crippen molar-refractivity contribution < 1.29 is 18.7 Å². The smallest absolute Gasteiger partial charge is 0.292 e. The number of methoxy groups -OCH3 is 1. The van der Waals surface area contributed by atoms with Crippen LogP contribution in [0.3, 0.4) is 0 Å². The molecule has 0 radical (unpaired) electrons. The maximum atomic E-state index is 13.4. The number of hydrogen-bond acceptors (Lipinski definition) is 6. The number of carbonyl (C=O) groups excluding carboxylic acids is 2. The molecule has 0 bridgehead atoms. The van der Waals surface area contributed by atoms with E-state index >= 15 is 0 Å². The summed E-state index contributed by atoms with van der Waals surface area (Å²) in [6.45, 7) is 1.22. The number of aryl methyl sites for hydroxylation is 1. The fourth-order valence-corrected chi connectivity index (χ4v) is 3.24. The van der Waals surface area contributed by atoms with Crippen molar-refractivity contribution in [2.75, 3.05) is 19.0 Å². The van der Waals surface area contributed by atoms with E-state index in [0.29, 0.717) is 42.2 Å². The average molecular weight is 410 g/mol. The summed E-state index contributed by atoms with van der Waals surface area (Å²) >= 11 is 0. The quantitative estimate of drug-likeness (QED) is 0.707. The number of rotatable bonds is 4. The molecule has 0 saturated carbocycles. The van der Waals surface area contributed by atoms with Crippen LogP contribution >= 0.6 is 0 Å². The lowest BCUT2D eigenvalue weighted by Crippen LogP contribution is -2.32. The predicted molar refractivity (Wildman–Crippen MR) is 105 cm³/mol. The first-order valence-corrected chi connectivity index (χ1v) is 9.32. The van der Waals surface area contributed by atoms with Crippen LogP contribution in [0.1, 0.15) is 33.1 Å². The Balaban J connectivity index is 1.55. The second-order valence-corrected chi connectivity index (χ2v) is 6.72. The van der Waals surface area contributed by atoms with Crippen LogP contribution in [0.25, 0.3) is 0 Å². The average Bonchev–Trinajstić information content (AvgIpc) is 3.03. The summed E-state index contributed by atoms with van der Waals surface area (Å²) in [6.07, 6.45) is 4.99. The summed E-state index contributed by atoms with van der Waals surface area (Å²) < 4.78 is 20.1. The van der Waals surface area contributed by atoms with Crippen molar-refractivity contribution in [3.05, 3.63) is 65.8 Å². The number of nitrogens with zero attached hydrogens (tertiary/aromatic N) is 5. The minimum absolute atomic E-state index is 0.0505. The highest BCUT2D eigenvalue weighted by Gasteiger charge is 2.27. The Bertz CT molecular complexity index is 1080. The van der Waals surface area contributed by atoms with E-state index in [4.69, 9.17) is 4.74 Å². The summed E-state index contributed by atoms with van der Waals surface area (Å²) in [5.74, 6) is -0.704. The van der Waals surface area contributed by atoms with Crippen molar-refractivity contribution in [2.24, 2.45) is 0 Å². The third kappa shape index (κ3) is 3.97. The summed E-state index contributed by atoms with van der Waals surface area (Å²) in [5.41, 5.74) is 1.27. The molecule has 1 aliphatic rings. The lowest BCUT2D eigenvalue weighted by Gasteiger charge is -2.19. The standard InChI is InChI=1S/C20H19FN6O3/c1-30-15-9-22-18(23-10-15)20(29)26-6-3-7-27-17(12-26)16(11-24-27)19(28)25-14-5-2-4-13(21)8-14/h2,4-5,8-11H,3,6-7,12H2,1H3,(H,25,28). The maximum Gasteiger partial charge on any atom is 0.292 e. The van der Waals surface area contributed by atoms with E-state index in [2.05, 4.69) is 20.4 Å². The van der Waals surface area contributed by atoms with E-state index in [1.807, 2.05) is 0 Å². The van der Waals surface area contributed by atoms with E-state index in [9.17, 15) is 14.0 Å². The van der Waals surface area contributed by atoms with Crippen molar-refractivity contribution in [1.82, 2.24) is 24.6 Å². The summed E-state index contributed by atoms with van der Waals surface area (Å²) in [5, 5.41) is 6.95. The molecule has 1 aromatic carbocycles. The Morgan fingerprint density at radius 2 is 1.97 bits per heavy atom. The molecule has 0 unspecified atom stereocenters. The van der Waals surface area contributed by atoms with Gasteiger partial charge in [-0.25, -0.2) is 14.4 Å². The van der Waals surface area contributed by atoms with Gasteiger partial charge < -0.3 is 15.0 Å². The molecule has 0 spiro atoms. The number of halogens is 1. The van der Waals surface area contributed by atoms with Crippen LogP contribution in [-0.2, 0) is 13.1 Å². The number of fused-ring (bicyclic) bond motifs is 1. The highest BCUT2D eigenvalue weighted by molar-refractivity contribution is 6.05. The Morgan fingerprint density at radius 3 is 2.70 bits per heavy atom. The number of aromatic nitrogens is 4. The molecule has 4 rings (SSSR count). The van der Waals surface area contributed by atoms with Crippen molar-refractivity contribution in [1.29, 1.82) is 0 Å². The fraction of sp³-hybridized carbons (Fsp3) is 0.250. The number of ether oxygens (including phenoxy) is 1. The van der Waals surface area contributed by atoms with Gasteiger partial charge in [0.15, 0.2) is 5.75 Å². The first kappa shape index (κ1) is 19.5. The van der Waals surface area contributed by atoms with Gasteiger partial charge in [0.1, 0.15) is 5.82 Å². The molecule has 0 atom stereocenters. The zero-order valence-corrected chi connectivity index (χ0v) is 16.2. The van der Waals surface area contributed by atoms with E-state index in [0.717, 1.165) is 0 Å². The minimum Gasteiger partial charge on any atom is -0.494 e. The zero-order chi connectivity index (χ0) is 21.1. The lowest BCUT2D eigenvalue weighted by atomic mass is 10.2. The minimum atomic E-state index is -0.446. The van der Waals surface area contributed by atoms with Gasteiger partial charge in [-0.05, 0) is 24.6 Å². The molecule has 0 fully saturated rings. The molecule has 10 heteroatoms. The molecule has 3 aromatic rings. The van der Waals surface area contributed by atoms with E-state index < -0.39 is 11.7 Å². The number of benzene rings is 1. The molecule has 3 heterocycles. The summed E-state index contributed by atoms with van der Waals surface area (Å²) in [7, 11) is 1.49. The molecule has 2 aromatic heterocycles. The van der Waals surface area contributed by atoms with Gasteiger partial charge in [-0.2, -0.15) is 5.10 Å². The van der Waals surface area contributed by atoms with E-state index in [1.54, 1.807) is 15.6 Å². The second-order valence-electron chi connectivity index (χ2n) is 6.72. The van der Waals surface area contributed by atoms with Crippen molar-refractivity contribution in [3.63, 3.8) is 0 Å². The van der Waals surface area contributed by atoms with Crippen LogP contribution in [0.2, 0.25) is 0 Å². The van der Waals surface area contributed by atoms with Crippen molar-refractivity contribution in [3.8, 4) is 5.75 Å². The van der Waals surface area contributed by atoms with Crippen molar-refractivity contribution >= 4 is 17.5 Å². The molecule has 1 N–H and O–H groups in total. The molecular formula is C20H19FN6O3. The van der Waals surface area contributed by atoms with Gasteiger partial charge in [-0.1, -0.05) is 6.07 Å². The van der Waals surface area contributed by atoms with Gasteiger partial charge in [0, 0.05) is 18.8 Å². The van der Waals surface area contributed by atoms with Crippen molar-refractivity contribution in [2.45, 2.75) is 19.5 Å². The molecule has 0 saturated heterocycles. The number of anilines is 1. The Labute approximate surface area is 171 Å². The third-order valence-corrected chi connectivity index (χ3v) is 4.76. The predicted octanol–water partition coefficient (Wildman–Crippen LogP) is 2.12. The largest absolute Gasteiger partial charge is 0.494 e. The van der Waals surface area contributed by atoms with Crippen LogP contribution in [0.4, 0.5) is 10.1 Å². The van der Waals surface area contributed by atoms with Gasteiger partial charge in [-0.3, -0.25) is 14.3 Å². The SMILES string of the molecule is COc1cnc(C(=O)N2CCCn3ncc(C(=O)Nc4cccc(F)c4)c3C2)nc1. The Hall–Kier alpha value is -3.82. The van der Waals surface area contributed by atoms with Crippen LogP contribution in [0, 0.1) is 5.82 Å². The molecule has 0 aliphatic carbocycles. The molecule has 1 aliphatic heterocycles.